The summed E-state index contributed by atoms with van der Waals surface area (Å²) in [5.41, 5.74) is -0.256. The molecule has 2 aromatic rings. The summed E-state index contributed by atoms with van der Waals surface area (Å²) in [5.74, 6) is -2.02. The molecule has 158 valence electrons. The molecule has 0 aliphatic carbocycles. The second-order valence-corrected chi connectivity index (χ2v) is 6.85. The Balaban J connectivity index is 2.14. The number of carbonyl (C=O) groups excluding carboxylic acids is 3. The molecule has 1 N–H and O–H groups in total. The van der Waals surface area contributed by atoms with Gasteiger partial charge in [0.05, 0.1) is 30.9 Å². The number of carbonyl (C=O) groups is 3. The lowest BCUT2D eigenvalue weighted by Crippen LogP contribution is -2.56. The number of rotatable bonds is 7. The number of hydrogen-bond donors (Lipinski definition) is 1. The molecule has 0 amide bonds. The van der Waals surface area contributed by atoms with Crippen LogP contribution in [0.15, 0.2) is 66.2 Å². The lowest BCUT2D eigenvalue weighted by molar-refractivity contribution is -0.162. The van der Waals surface area contributed by atoms with Crippen molar-refractivity contribution in [3.8, 4) is 6.07 Å². The molecule has 0 saturated carbocycles. The second kappa shape index (κ2) is 9.37. The molecule has 1 aliphatic heterocycles. The van der Waals surface area contributed by atoms with E-state index in [2.05, 4.69) is 5.32 Å². The van der Waals surface area contributed by atoms with Gasteiger partial charge in [0, 0.05) is 11.1 Å². The topological polar surface area (TPSA) is 105 Å². The zero-order valence-corrected chi connectivity index (χ0v) is 17.3. The number of Topliss-reactive ketones (excluding diaryl/α,β-unsaturated/α-hetero) is 1. The fourth-order valence-electron chi connectivity index (χ4n) is 3.44. The van der Waals surface area contributed by atoms with Crippen LogP contribution in [0.3, 0.4) is 0 Å². The lowest BCUT2D eigenvalue weighted by Gasteiger charge is -2.26. The summed E-state index contributed by atoms with van der Waals surface area (Å²) in [6.07, 6.45) is 1.31. The first-order valence-corrected chi connectivity index (χ1v) is 9.91. The van der Waals surface area contributed by atoms with Gasteiger partial charge in [0.25, 0.3) is 0 Å². The van der Waals surface area contributed by atoms with Crippen LogP contribution in [0.2, 0.25) is 0 Å². The smallest absolute Gasteiger partial charge is 0.342 e. The Morgan fingerprint density at radius 1 is 0.968 bits per heavy atom. The molecule has 2 aromatic carbocycles. The summed E-state index contributed by atoms with van der Waals surface area (Å²) in [5, 5.41) is 12.1. The van der Waals surface area contributed by atoms with E-state index in [1.54, 1.807) is 68.4 Å². The van der Waals surface area contributed by atoms with Gasteiger partial charge in [-0.15, -0.1) is 0 Å². The maximum Gasteiger partial charge on any atom is 0.342 e. The second-order valence-electron chi connectivity index (χ2n) is 6.85. The summed E-state index contributed by atoms with van der Waals surface area (Å²) >= 11 is 0. The average molecular weight is 418 g/mol. The van der Waals surface area contributed by atoms with Gasteiger partial charge < -0.3 is 9.47 Å². The van der Waals surface area contributed by atoms with Crippen molar-refractivity contribution in [2.45, 2.75) is 25.4 Å². The van der Waals surface area contributed by atoms with Gasteiger partial charge in [-0.2, -0.15) is 5.26 Å². The summed E-state index contributed by atoms with van der Waals surface area (Å²) in [4.78, 5) is 39.1. The van der Waals surface area contributed by atoms with Gasteiger partial charge in [-0.1, -0.05) is 42.5 Å². The molecule has 1 heterocycles. The molecule has 31 heavy (non-hydrogen) atoms. The van der Waals surface area contributed by atoms with Crippen molar-refractivity contribution >= 4 is 17.7 Å². The number of hydrogen-bond acceptors (Lipinski definition) is 7. The molecule has 0 unspecified atom stereocenters. The van der Waals surface area contributed by atoms with Crippen LogP contribution in [0.4, 0.5) is 0 Å². The summed E-state index contributed by atoms with van der Waals surface area (Å²) in [6, 6.07) is 16.4. The molecule has 0 saturated heterocycles. The van der Waals surface area contributed by atoms with E-state index in [9.17, 15) is 14.4 Å². The van der Waals surface area contributed by atoms with Crippen LogP contribution in [0.25, 0.3) is 0 Å². The van der Waals surface area contributed by atoms with Gasteiger partial charge >= 0.3 is 11.9 Å². The van der Waals surface area contributed by atoms with Crippen molar-refractivity contribution in [3.05, 3.63) is 82.9 Å². The Morgan fingerprint density at radius 3 is 2.06 bits per heavy atom. The molecule has 3 rings (SSSR count). The van der Waals surface area contributed by atoms with Gasteiger partial charge in [-0.3, -0.25) is 10.1 Å². The molecule has 1 aliphatic rings. The number of ether oxygens (including phenoxy) is 2. The van der Waals surface area contributed by atoms with Crippen LogP contribution in [-0.4, -0.2) is 36.5 Å². The Labute approximate surface area is 180 Å². The van der Waals surface area contributed by atoms with Crippen LogP contribution in [0.1, 0.15) is 41.4 Å². The molecule has 0 aromatic heterocycles. The maximum atomic E-state index is 13.3. The molecular weight excluding hydrogens is 396 g/mol. The molecule has 0 radical (unpaired) electrons. The number of ketones is 1. The van der Waals surface area contributed by atoms with E-state index in [1.807, 2.05) is 6.07 Å². The monoisotopic (exact) mass is 418 g/mol. The predicted octanol–water partition coefficient (Wildman–Crippen LogP) is 2.88. The quantitative estimate of drug-likeness (QED) is 0.419. The largest absolute Gasteiger partial charge is 0.464 e. The minimum absolute atomic E-state index is 0.0546. The normalized spacial score (nSPS) is 16.7. The lowest BCUT2D eigenvalue weighted by atomic mass is 9.93. The van der Waals surface area contributed by atoms with Gasteiger partial charge in [0.2, 0.25) is 5.54 Å². The summed E-state index contributed by atoms with van der Waals surface area (Å²) < 4.78 is 10.3. The van der Waals surface area contributed by atoms with Crippen LogP contribution in [0, 0.1) is 11.3 Å². The number of benzene rings is 2. The highest BCUT2D eigenvalue weighted by molar-refractivity contribution is 6.15. The molecule has 7 nitrogen and oxygen atoms in total. The molecule has 1 atom stereocenters. The number of nitrogens with one attached hydrogen (secondary N) is 1. The van der Waals surface area contributed by atoms with Gasteiger partial charge in [-0.25, -0.2) is 9.59 Å². The first kappa shape index (κ1) is 21.9. The SMILES string of the molecule is CCOC(=O)C1(C(=O)OCC)C=C(C(=O)c2ccccc2)[C@@H](c2ccc(C#N)cc2)N1. The van der Waals surface area contributed by atoms with E-state index in [0.717, 1.165) is 0 Å². The first-order valence-electron chi connectivity index (χ1n) is 9.91. The van der Waals surface area contributed by atoms with Crippen LogP contribution < -0.4 is 5.32 Å². The Bertz CT molecular complexity index is 1030. The van der Waals surface area contributed by atoms with Crippen molar-refractivity contribution in [2.75, 3.05) is 13.2 Å². The standard InChI is InChI=1S/C24H22N2O5/c1-3-30-22(28)24(23(29)31-4-2)14-19(21(27)18-8-6-5-7-9-18)20(26-24)17-12-10-16(15-25)11-13-17/h5-14,20,26H,3-4H2,1-2H3/t20-/m1/s1. The Morgan fingerprint density at radius 2 is 1.55 bits per heavy atom. The number of nitrogens with zero attached hydrogens (tertiary/aromatic N) is 1. The summed E-state index contributed by atoms with van der Waals surface area (Å²) in [7, 11) is 0. The maximum absolute atomic E-state index is 13.3. The number of nitriles is 1. The highest BCUT2D eigenvalue weighted by Crippen LogP contribution is 2.36. The van der Waals surface area contributed by atoms with Crippen molar-refractivity contribution in [1.29, 1.82) is 5.26 Å². The fourth-order valence-corrected chi connectivity index (χ4v) is 3.44. The van der Waals surface area contributed by atoms with Crippen LogP contribution >= 0.6 is 0 Å². The minimum Gasteiger partial charge on any atom is -0.464 e. The Kier molecular flexibility index (Phi) is 6.63. The third-order valence-electron chi connectivity index (χ3n) is 4.92. The van der Waals surface area contributed by atoms with Crippen molar-refractivity contribution in [1.82, 2.24) is 5.32 Å². The van der Waals surface area contributed by atoms with Gasteiger partial charge in [-0.05, 0) is 37.6 Å². The third-order valence-corrected chi connectivity index (χ3v) is 4.92. The molecule has 0 bridgehead atoms. The van der Waals surface area contributed by atoms with Gasteiger partial charge in [0.1, 0.15) is 0 Å². The third kappa shape index (κ3) is 4.25. The van der Waals surface area contributed by atoms with Crippen molar-refractivity contribution in [3.63, 3.8) is 0 Å². The van der Waals surface area contributed by atoms with Crippen molar-refractivity contribution < 1.29 is 23.9 Å². The molecule has 0 fully saturated rings. The van der Waals surface area contributed by atoms with E-state index in [1.165, 1.54) is 6.08 Å². The van der Waals surface area contributed by atoms with Crippen LogP contribution in [-0.2, 0) is 19.1 Å². The molecular formula is C24H22N2O5. The summed E-state index contributed by atoms with van der Waals surface area (Å²) in [6.45, 7) is 3.37. The van der Waals surface area contributed by atoms with E-state index in [4.69, 9.17) is 14.7 Å². The predicted molar refractivity (Wildman–Crippen MR) is 112 cm³/mol. The molecule has 0 spiro atoms. The van der Waals surface area contributed by atoms with E-state index < -0.39 is 23.5 Å². The minimum atomic E-state index is -1.95. The average Bonchev–Trinajstić information content (AvgIpc) is 3.22. The molecule has 7 heteroatoms. The zero-order valence-electron chi connectivity index (χ0n) is 17.3. The van der Waals surface area contributed by atoms with Gasteiger partial charge in [0.15, 0.2) is 5.78 Å². The van der Waals surface area contributed by atoms with E-state index in [0.29, 0.717) is 16.7 Å². The number of esters is 2. The van der Waals surface area contributed by atoms with E-state index >= 15 is 0 Å². The van der Waals surface area contributed by atoms with E-state index in [-0.39, 0.29) is 24.6 Å². The Hall–Kier alpha value is -3.76. The fraction of sp³-hybridized carbons (Fsp3) is 0.250. The first-order chi connectivity index (χ1) is 15.0. The zero-order chi connectivity index (χ0) is 22.4. The highest BCUT2D eigenvalue weighted by atomic mass is 16.6. The van der Waals surface area contributed by atoms with Crippen molar-refractivity contribution in [2.24, 2.45) is 0 Å². The highest BCUT2D eigenvalue weighted by Gasteiger charge is 2.54. The van der Waals surface area contributed by atoms with Crippen LogP contribution in [0.5, 0.6) is 0 Å².